The summed E-state index contributed by atoms with van der Waals surface area (Å²) in [7, 11) is 0. The first kappa shape index (κ1) is 15.6. The van der Waals surface area contributed by atoms with Crippen LogP contribution in [-0.4, -0.2) is 32.8 Å². The molecule has 0 bridgehead atoms. The molecule has 6 heteroatoms. The maximum atomic E-state index is 9.60. The van der Waals surface area contributed by atoms with Crippen LogP contribution in [0.5, 0.6) is 0 Å². The highest BCUT2D eigenvalue weighted by atomic mass is 15.3. The van der Waals surface area contributed by atoms with Crippen molar-refractivity contribution in [2.24, 2.45) is 0 Å². The molecule has 1 saturated heterocycles. The lowest BCUT2D eigenvalue weighted by molar-refractivity contribution is 0.473. The fraction of sp³-hybridized carbons (Fsp3) is 0.368. The highest BCUT2D eigenvalue weighted by Crippen LogP contribution is 2.34. The first-order chi connectivity index (χ1) is 12.3. The smallest absolute Gasteiger partial charge is 0.137 e. The van der Waals surface area contributed by atoms with E-state index in [0.29, 0.717) is 11.5 Å². The van der Waals surface area contributed by atoms with Gasteiger partial charge in [-0.1, -0.05) is 18.2 Å². The van der Waals surface area contributed by atoms with E-state index in [-0.39, 0.29) is 0 Å². The van der Waals surface area contributed by atoms with Gasteiger partial charge in [-0.3, -0.25) is 4.98 Å². The molecule has 0 N–H and O–H groups in total. The zero-order chi connectivity index (χ0) is 17.2. The minimum atomic E-state index is 0.328. The number of nitriles is 1. The number of aromatic nitrogens is 4. The summed E-state index contributed by atoms with van der Waals surface area (Å²) >= 11 is 0. The summed E-state index contributed by atoms with van der Waals surface area (Å²) in [5.74, 6) is 1.37. The number of aryl methyl sites for hydroxylation is 1. The summed E-state index contributed by atoms with van der Waals surface area (Å²) in [5.41, 5.74) is 2.56. The molecule has 1 aromatic carbocycles. The van der Waals surface area contributed by atoms with Crippen molar-refractivity contribution in [3.8, 4) is 6.07 Å². The predicted molar refractivity (Wildman–Crippen MR) is 96.3 cm³/mol. The minimum Gasteiger partial charge on any atom is -0.369 e. The van der Waals surface area contributed by atoms with E-state index in [0.717, 1.165) is 54.9 Å². The summed E-state index contributed by atoms with van der Waals surface area (Å²) in [6.07, 6.45) is 5.66. The molecule has 1 atom stereocenters. The van der Waals surface area contributed by atoms with Gasteiger partial charge < -0.3 is 9.47 Å². The van der Waals surface area contributed by atoms with Crippen molar-refractivity contribution in [2.75, 3.05) is 18.0 Å². The summed E-state index contributed by atoms with van der Waals surface area (Å²) in [4.78, 5) is 6.75. The van der Waals surface area contributed by atoms with E-state index >= 15 is 0 Å². The molecule has 0 aliphatic carbocycles. The molecule has 0 amide bonds. The van der Waals surface area contributed by atoms with Gasteiger partial charge in [-0.25, -0.2) is 0 Å². The normalized spacial score (nSPS) is 17.6. The van der Waals surface area contributed by atoms with Gasteiger partial charge in [0.1, 0.15) is 18.2 Å². The Labute approximate surface area is 146 Å². The zero-order valence-electron chi connectivity index (χ0n) is 14.3. The van der Waals surface area contributed by atoms with Crippen LogP contribution in [0, 0.1) is 11.3 Å². The van der Waals surface area contributed by atoms with Crippen LogP contribution in [-0.2, 0) is 6.54 Å². The quantitative estimate of drug-likeness (QED) is 0.737. The molecule has 1 fully saturated rings. The first-order valence-electron chi connectivity index (χ1n) is 8.72. The lowest BCUT2D eigenvalue weighted by Crippen LogP contribution is -2.36. The third-order valence-electron chi connectivity index (χ3n) is 4.96. The van der Waals surface area contributed by atoms with E-state index < -0.39 is 0 Å². The molecule has 0 radical (unpaired) electrons. The Morgan fingerprint density at radius 1 is 1.32 bits per heavy atom. The third-order valence-corrected chi connectivity index (χ3v) is 4.96. The Bertz CT molecular complexity index is 938. The Morgan fingerprint density at radius 3 is 3.04 bits per heavy atom. The molecular formula is C19H20N6. The first-order valence-corrected chi connectivity index (χ1v) is 8.72. The maximum absolute atomic E-state index is 9.60. The molecule has 1 aliphatic heterocycles. The Kier molecular flexibility index (Phi) is 4.06. The summed E-state index contributed by atoms with van der Waals surface area (Å²) in [6, 6.07) is 10.4. The number of hydrogen-bond acceptors (Lipinski definition) is 5. The van der Waals surface area contributed by atoms with Crippen LogP contribution in [0.4, 0.5) is 5.69 Å². The highest BCUT2D eigenvalue weighted by Gasteiger charge is 2.27. The number of piperidine rings is 1. The monoisotopic (exact) mass is 332 g/mol. The topological polar surface area (TPSA) is 70.6 Å². The second kappa shape index (κ2) is 6.52. The van der Waals surface area contributed by atoms with Gasteiger partial charge in [0, 0.05) is 37.1 Å². The van der Waals surface area contributed by atoms with E-state index in [1.54, 1.807) is 12.5 Å². The van der Waals surface area contributed by atoms with Crippen molar-refractivity contribution in [2.45, 2.75) is 32.2 Å². The Hall–Kier alpha value is -2.94. The van der Waals surface area contributed by atoms with Crippen LogP contribution in [0.15, 0.2) is 36.8 Å². The molecular weight excluding hydrogens is 312 g/mol. The summed E-state index contributed by atoms with van der Waals surface area (Å²) < 4.78 is 2.12. The number of benzene rings is 1. The molecule has 4 rings (SSSR count). The number of hydrogen-bond donors (Lipinski definition) is 0. The third kappa shape index (κ3) is 2.72. The maximum Gasteiger partial charge on any atom is 0.137 e. The molecule has 0 spiro atoms. The fourth-order valence-corrected chi connectivity index (χ4v) is 3.76. The van der Waals surface area contributed by atoms with Crippen LogP contribution >= 0.6 is 0 Å². The van der Waals surface area contributed by atoms with E-state index in [2.05, 4.69) is 43.7 Å². The largest absolute Gasteiger partial charge is 0.369 e. The van der Waals surface area contributed by atoms with Crippen molar-refractivity contribution in [3.63, 3.8) is 0 Å². The average molecular weight is 332 g/mol. The average Bonchev–Trinajstić information content (AvgIpc) is 3.16. The van der Waals surface area contributed by atoms with Gasteiger partial charge in [0.15, 0.2) is 0 Å². The lowest BCUT2D eigenvalue weighted by Gasteiger charge is -2.35. The summed E-state index contributed by atoms with van der Waals surface area (Å²) in [5, 5.41) is 19.1. The van der Waals surface area contributed by atoms with E-state index in [1.165, 1.54) is 0 Å². The lowest BCUT2D eigenvalue weighted by atomic mass is 9.95. The van der Waals surface area contributed by atoms with E-state index in [1.807, 2.05) is 18.2 Å². The molecule has 3 heterocycles. The van der Waals surface area contributed by atoms with Crippen LogP contribution in [0.2, 0.25) is 0 Å². The Balaban J connectivity index is 1.75. The van der Waals surface area contributed by atoms with Crippen LogP contribution in [0.3, 0.4) is 0 Å². The van der Waals surface area contributed by atoms with Gasteiger partial charge in [0.05, 0.1) is 16.8 Å². The molecule has 6 nitrogen and oxygen atoms in total. The van der Waals surface area contributed by atoms with Gasteiger partial charge >= 0.3 is 0 Å². The van der Waals surface area contributed by atoms with E-state index in [4.69, 9.17) is 0 Å². The number of fused-ring (bicyclic) bond motifs is 1. The van der Waals surface area contributed by atoms with Gasteiger partial charge in [0.25, 0.3) is 0 Å². The molecule has 1 aliphatic rings. The molecule has 0 saturated carbocycles. The SMILES string of the molecule is CCn1cnnc1C1CCCN(c2c(C#N)cnc3ccccc23)C1. The second-order valence-corrected chi connectivity index (χ2v) is 6.41. The van der Waals surface area contributed by atoms with Crippen molar-refractivity contribution < 1.29 is 0 Å². The van der Waals surface area contributed by atoms with Crippen LogP contribution in [0.25, 0.3) is 10.9 Å². The van der Waals surface area contributed by atoms with Gasteiger partial charge in [-0.15, -0.1) is 10.2 Å². The number of pyridine rings is 1. The van der Waals surface area contributed by atoms with Gasteiger partial charge in [-0.05, 0) is 25.8 Å². The van der Waals surface area contributed by atoms with Crippen LogP contribution in [0.1, 0.15) is 37.1 Å². The molecule has 2 aromatic heterocycles. The number of rotatable bonds is 3. The molecule has 126 valence electrons. The fourth-order valence-electron chi connectivity index (χ4n) is 3.76. The van der Waals surface area contributed by atoms with Gasteiger partial charge in [-0.2, -0.15) is 5.26 Å². The summed E-state index contributed by atoms with van der Waals surface area (Å²) in [6.45, 7) is 4.78. The molecule has 3 aromatic rings. The van der Waals surface area contributed by atoms with E-state index in [9.17, 15) is 5.26 Å². The van der Waals surface area contributed by atoms with Crippen molar-refractivity contribution >= 4 is 16.6 Å². The highest BCUT2D eigenvalue weighted by molar-refractivity contribution is 5.94. The minimum absolute atomic E-state index is 0.328. The predicted octanol–water partition coefficient (Wildman–Crippen LogP) is 3.10. The number of nitrogens with zero attached hydrogens (tertiary/aromatic N) is 6. The standard InChI is InChI=1S/C19H20N6/c1-2-24-13-22-23-19(24)14-6-5-9-25(12-14)18-15(10-20)11-21-17-8-4-3-7-16(17)18/h3-4,7-8,11,13-14H,2,5-6,9,12H2,1H3. The Morgan fingerprint density at radius 2 is 2.20 bits per heavy atom. The zero-order valence-corrected chi connectivity index (χ0v) is 14.3. The molecule has 1 unspecified atom stereocenters. The number of anilines is 1. The van der Waals surface area contributed by atoms with Gasteiger partial charge in [0.2, 0.25) is 0 Å². The van der Waals surface area contributed by atoms with Crippen molar-refractivity contribution in [1.82, 2.24) is 19.7 Å². The number of para-hydroxylation sites is 1. The van der Waals surface area contributed by atoms with Crippen molar-refractivity contribution in [3.05, 3.63) is 48.2 Å². The molecule has 25 heavy (non-hydrogen) atoms. The van der Waals surface area contributed by atoms with Crippen molar-refractivity contribution in [1.29, 1.82) is 5.26 Å². The second-order valence-electron chi connectivity index (χ2n) is 6.41. The van der Waals surface area contributed by atoms with Crippen LogP contribution < -0.4 is 4.90 Å².